The van der Waals surface area contributed by atoms with Crippen molar-refractivity contribution in [3.63, 3.8) is 0 Å². The van der Waals surface area contributed by atoms with Crippen molar-refractivity contribution in [2.75, 3.05) is 19.6 Å². The first-order valence-electron chi connectivity index (χ1n) is 11.3. The Kier molecular flexibility index (Phi) is 6.21. The van der Waals surface area contributed by atoms with Gasteiger partial charge in [0.25, 0.3) is 11.7 Å². The molecule has 160 valence electrons. The lowest BCUT2D eigenvalue weighted by molar-refractivity contribution is -0.132. The zero-order valence-electron chi connectivity index (χ0n) is 17.8. The molecule has 6 nitrogen and oxygen atoms in total. The van der Waals surface area contributed by atoms with E-state index in [1.54, 1.807) is 11.1 Å². The van der Waals surface area contributed by atoms with Crippen LogP contribution in [0.2, 0.25) is 0 Å². The van der Waals surface area contributed by atoms with E-state index in [0.29, 0.717) is 12.1 Å². The lowest BCUT2D eigenvalue weighted by Crippen LogP contribution is -2.46. The molecule has 2 saturated heterocycles. The van der Waals surface area contributed by atoms with Crippen molar-refractivity contribution in [2.45, 2.75) is 64.5 Å². The summed E-state index contributed by atoms with van der Waals surface area (Å²) in [5.41, 5.74) is 1.23. The van der Waals surface area contributed by atoms with E-state index in [1.165, 1.54) is 6.42 Å². The molecule has 2 fully saturated rings. The molecule has 0 bridgehead atoms. The normalized spacial score (nSPS) is 19.8. The number of aromatic nitrogens is 1. The first-order valence-corrected chi connectivity index (χ1v) is 11.3. The van der Waals surface area contributed by atoms with E-state index in [2.05, 4.69) is 6.92 Å². The Labute approximate surface area is 177 Å². The summed E-state index contributed by atoms with van der Waals surface area (Å²) in [6.45, 7) is 4.52. The molecule has 3 heterocycles. The summed E-state index contributed by atoms with van der Waals surface area (Å²) in [6, 6.07) is 7.69. The summed E-state index contributed by atoms with van der Waals surface area (Å²) in [4.78, 5) is 42.8. The van der Waals surface area contributed by atoms with Gasteiger partial charge in [-0.1, -0.05) is 25.1 Å². The third kappa shape index (κ3) is 4.00. The molecule has 0 unspecified atom stereocenters. The number of Topliss-reactive ketones (excluding diaryl/α,β-unsaturated/α-hetero) is 1. The van der Waals surface area contributed by atoms with E-state index in [4.69, 9.17) is 0 Å². The molecule has 2 aliphatic heterocycles. The van der Waals surface area contributed by atoms with Crippen molar-refractivity contribution in [1.29, 1.82) is 0 Å². The molecular formula is C24H31N3O3. The average molecular weight is 410 g/mol. The molecule has 0 N–H and O–H groups in total. The Bertz CT molecular complexity index is 942. The molecular weight excluding hydrogens is 378 g/mol. The van der Waals surface area contributed by atoms with Crippen molar-refractivity contribution in [3.8, 4) is 0 Å². The molecule has 4 rings (SSSR count). The van der Waals surface area contributed by atoms with Crippen LogP contribution >= 0.6 is 0 Å². The van der Waals surface area contributed by atoms with Gasteiger partial charge in [-0.3, -0.25) is 14.4 Å². The van der Waals surface area contributed by atoms with Crippen LogP contribution in [-0.4, -0.2) is 57.6 Å². The van der Waals surface area contributed by atoms with Crippen molar-refractivity contribution in [1.82, 2.24) is 14.4 Å². The van der Waals surface area contributed by atoms with Crippen LogP contribution in [0.1, 0.15) is 62.2 Å². The Morgan fingerprint density at radius 3 is 2.47 bits per heavy atom. The molecule has 30 heavy (non-hydrogen) atoms. The van der Waals surface area contributed by atoms with Gasteiger partial charge in [0, 0.05) is 42.8 Å². The van der Waals surface area contributed by atoms with E-state index in [0.717, 1.165) is 62.5 Å². The van der Waals surface area contributed by atoms with Gasteiger partial charge in [0.05, 0.1) is 5.56 Å². The molecule has 6 heteroatoms. The molecule has 0 radical (unpaired) electrons. The molecule has 2 aromatic rings. The molecule has 1 aromatic heterocycles. The molecule has 1 aromatic carbocycles. The predicted octanol–water partition coefficient (Wildman–Crippen LogP) is 3.63. The van der Waals surface area contributed by atoms with Gasteiger partial charge in [-0.2, -0.15) is 0 Å². The molecule has 0 spiro atoms. The van der Waals surface area contributed by atoms with Crippen LogP contribution in [-0.2, 0) is 16.1 Å². The van der Waals surface area contributed by atoms with E-state index in [9.17, 15) is 14.4 Å². The van der Waals surface area contributed by atoms with E-state index in [-0.39, 0.29) is 18.5 Å². The highest BCUT2D eigenvalue weighted by Crippen LogP contribution is 2.25. The lowest BCUT2D eigenvalue weighted by Gasteiger charge is -2.34. The monoisotopic (exact) mass is 409 g/mol. The van der Waals surface area contributed by atoms with Gasteiger partial charge in [0.15, 0.2) is 0 Å². The van der Waals surface area contributed by atoms with Gasteiger partial charge in [0.1, 0.15) is 6.54 Å². The van der Waals surface area contributed by atoms with Crippen LogP contribution in [0.5, 0.6) is 0 Å². The number of nitrogens with zero attached hydrogens (tertiary/aromatic N) is 3. The first kappa shape index (κ1) is 20.6. The van der Waals surface area contributed by atoms with Crippen LogP contribution in [0.15, 0.2) is 30.5 Å². The van der Waals surface area contributed by atoms with Crippen LogP contribution < -0.4 is 0 Å². The predicted molar refractivity (Wildman–Crippen MR) is 116 cm³/mol. The van der Waals surface area contributed by atoms with Crippen LogP contribution in [0, 0.1) is 0 Å². The second kappa shape index (κ2) is 9.02. The SMILES string of the molecule is CC[C@@H]1CCCCN1C(=O)C(=O)c1cn(CC(=O)N2CCCCC2)c2ccccc12. The van der Waals surface area contributed by atoms with E-state index in [1.807, 2.05) is 33.7 Å². The Hall–Kier alpha value is -2.63. The molecule has 2 amide bonds. The van der Waals surface area contributed by atoms with E-state index >= 15 is 0 Å². The zero-order chi connectivity index (χ0) is 21.1. The number of para-hydroxylation sites is 1. The number of benzene rings is 1. The van der Waals surface area contributed by atoms with Gasteiger partial charge >= 0.3 is 0 Å². The maximum absolute atomic E-state index is 13.2. The maximum Gasteiger partial charge on any atom is 0.295 e. The van der Waals surface area contributed by atoms with Crippen molar-refractivity contribution >= 4 is 28.5 Å². The number of fused-ring (bicyclic) bond motifs is 1. The van der Waals surface area contributed by atoms with Gasteiger partial charge in [0.2, 0.25) is 5.91 Å². The van der Waals surface area contributed by atoms with Crippen LogP contribution in [0.4, 0.5) is 0 Å². The minimum Gasteiger partial charge on any atom is -0.341 e. The van der Waals surface area contributed by atoms with Crippen molar-refractivity contribution in [2.24, 2.45) is 0 Å². The quantitative estimate of drug-likeness (QED) is 0.560. The second-order valence-electron chi connectivity index (χ2n) is 8.51. The number of hydrogen-bond acceptors (Lipinski definition) is 3. The highest BCUT2D eigenvalue weighted by molar-refractivity contribution is 6.45. The molecule has 1 atom stereocenters. The summed E-state index contributed by atoms with van der Waals surface area (Å²) in [5.74, 6) is -0.801. The fraction of sp³-hybridized carbons (Fsp3) is 0.542. The summed E-state index contributed by atoms with van der Waals surface area (Å²) >= 11 is 0. The van der Waals surface area contributed by atoms with Gasteiger partial charge in [-0.25, -0.2) is 0 Å². The minimum atomic E-state index is -0.462. The summed E-state index contributed by atoms with van der Waals surface area (Å²) < 4.78 is 1.83. The van der Waals surface area contributed by atoms with Gasteiger partial charge in [-0.15, -0.1) is 0 Å². The summed E-state index contributed by atoms with van der Waals surface area (Å²) in [7, 11) is 0. The fourth-order valence-electron chi connectivity index (χ4n) is 4.89. The highest BCUT2D eigenvalue weighted by Gasteiger charge is 2.32. The Morgan fingerprint density at radius 1 is 0.967 bits per heavy atom. The van der Waals surface area contributed by atoms with Crippen molar-refractivity contribution in [3.05, 3.63) is 36.0 Å². The number of likely N-dealkylation sites (tertiary alicyclic amines) is 2. The van der Waals surface area contributed by atoms with Crippen molar-refractivity contribution < 1.29 is 14.4 Å². The average Bonchev–Trinajstić information content (AvgIpc) is 3.17. The Morgan fingerprint density at radius 2 is 1.70 bits per heavy atom. The number of ketones is 1. The molecule has 2 aliphatic rings. The third-order valence-corrected chi connectivity index (χ3v) is 6.60. The number of hydrogen-bond donors (Lipinski definition) is 0. The molecule has 0 aliphatic carbocycles. The third-order valence-electron chi connectivity index (χ3n) is 6.60. The maximum atomic E-state index is 13.2. The zero-order valence-corrected chi connectivity index (χ0v) is 17.8. The number of carbonyl (C=O) groups is 3. The van der Waals surface area contributed by atoms with Gasteiger partial charge in [-0.05, 0) is 51.0 Å². The summed E-state index contributed by atoms with van der Waals surface area (Å²) in [5, 5.41) is 0.743. The smallest absolute Gasteiger partial charge is 0.295 e. The molecule has 0 saturated carbocycles. The van der Waals surface area contributed by atoms with Crippen LogP contribution in [0.25, 0.3) is 10.9 Å². The standard InChI is InChI=1S/C24H31N3O3/c1-2-18-10-6-9-15-27(18)24(30)23(29)20-16-26(21-12-5-4-11-19(20)21)17-22(28)25-13-7-3-8-14-25/h4-5,11-12,16,18H,2-3,6-10,13-15,17H2,1H3/t18-/m1/s1. The topological polar surface area (TPSA) is 62.6 Å². The van der Waals surface area contributed by atoms with Gasteiger partial charge < -0.3 is 14.4 Å². The first-order chi connectivity index (χ1) is 14.6. The lowest BCUT2D eigenvalue weighted by atomic mass is 9.98. The number of rotatable bonds is 5. The number of amides is 2. The van der Waals surface area contributed by atoms with Crippen LogP contribution in [0.3, 0.4) is 0 Å². The number of piperidine rings is 2. The number of carbonyl (C=O) groups excluding carboxylic acids is 3. The Balaban J connectivity index is 1.60. The second-order valence-corrected chi connectivity index (χ2v) is 8.51. The highest BCUT2D eigenvalue weighted by atomic mass is 16.2. The fourth-order valence-corrected chi connectivity index (χ4v) is 4.89. The summed E-state index contributed by atoms with van der Waals surface area (Å²) in [6.07, 6.45) is 8.85. The van der Waals surface area contributed by atoms with E-state index < -0.39 is 11.7 Å². The largest absolute Gasteiger partial charge is 0.341 e. The minimum absolute atomic E-state index is 0.0721.